The molecule has 9 heteroatoms. The molecule has 0 spiro atoms. The monoisotopic (exact) mass is 365 g/mol. The number of rotatable bonds is 5. The third-order valence-electron chi connectivity index (χ3n) is 3.92. The van der Waals surface area contributed by atoms with Crippen LogP contribution in [-0.2, 0) is 0 Å². The Morgan fingerprint density at radius 1 is 1.15 bits per heavy atom. The Kier molecular flexibility index (Phi) is 4.75. The minimum atomic E-state index is -0.509. The molecule has 0 radical (unpaired) electrons. The molecule has 27 heavy (non-hydrogen) atoms. The van der Waals surface area contributed by atoms with Gasteiger partial charge in [-0.25, -0.2) is 4.68 Å². The van der Waals surface area contributed by atoms with Gasteiger partial charge >= 0.3 is 0 Å². The van der Waals surface area contributed by atoms with E-state index < -0.39 is 10.8 Å². The number of nitrogens with zero attached hydrogens (tertiary/aromatic N) is 4. The Labute approximate surface area is 153 Å². The number of ketones is 1. The van der Waals surface area contributed by atoms with Gasteiger partial charge in [0.15, 0.2) is 11.5 Å². The second-order valence-corrected chi connectivity index (χ2v) is 5.80. The lowest BCUT2D eigenvalue weighted by Gasteiger charge is -2.06. The number of amides is 1. The maximum Gasteiger partial charge on any atom is 0.278 e. The lowest BCUT2D eigenvalue weighted by Crippen LogP contribution is -2.14. The molecule has 1 aromatic heterocycles. The van der Waals surface area contributed by atoms with Crippen LogP contribution in [0.2, 0.25) is 0 Å². The zero-order valence-electron chi connectivity index (χ0n) is 14.5. The summed E-state index contributed by atoms with van der Waals surface area (Å²) in [6.45, 7) is 3.08. The summed E-state index contributed by atoms with van der Waals surface area (Å²) in [4.78, 5) is 34.4. The highest BCUT2D eigenvalue weighted by Crippen LogP contribution is 2.19. The van der Waals surface area contributed by atoms with E-state index in [1.54, 1.807) is 37.3 Å². The number of hydrogen-bond donors (Lipinski definition) is 1. The second-order valence-electron chi connectivity index (χ2n) is 5.80. The van der Waals surface area contributed by atoms with Gasteiger partial charge in [0.25, 0.3) is 11.6 Å². The molecule has 136 valence electrons. The molecule has 0 fully saturated rings. The molecule has 0 saturated heterocycles. The van der Waals surface area contributed by atoms with E-state index in [9.17, 15) is 19.7 Å². The molecular formula is C18H15N5O4. The van der Waals surface area contributed by atoms with Gasteiger partial charge in [-0.15, -0.1) is 5.10 Å². The summed E-state index contributed by atoms with van der Waals surface area (Å²) in [7, 11) is 0. The first kappa shape index (κ1) is 17.9. The van der Waals surface area contributed by atoms with Gasteiger partial charge in [-0.3, -0.25) is 19.7 Å². The number of nitrogens with one attached hydrogen (secondary N) is 1. The molecule has 0 aliphatic carbocycles. The topological polar surface area (TPSA) is 120 Å². The van der Waals surface area contributed by atoms with Crippen LogP contribution in [0.4, 0.5) is 11.4 Å². The molecule has 0 bridgehead atoms. The van der Waals surface area contributed by atoms with Crippen LogP contribution >= 0.6 is 0 Å². The fourth-order valence-corrected chi connectivity index (χ4v) is 2.53. The van der Waals surface area contributed by atoms with Crippen molar-refractivity contribution in [1.82, 2.24) is 15.0 Å². The Morgan fingerprint density at radius 2 is 1.89 bits per heavy atom. The van der Waals surface area contributed by atoms with Crippen molar-refractivity contribution in [2.75, 3.05) is 5.32 Å². The molecule has 2 aromatic carbocycles. The highest BCUT2D eigenvalue weighted by Gasteiger charge is 2.19. The van der Waals surface area contributed by atoms with E-state index in [1.165, 1.54) is 29.8 Å². The standard InChI is InChI=1S/C18H15N5O4/c1-11-17(18(25)19-14-6-3-5-13(9-14)12(2)24)20-21-22(11)15-7-4-8-16(10-15)23(26)27/h3-10H,1-2H3,(H,19,25). The number of benzene rings is 2. The highest BCUT2D eigenvalue weighted by atomic mass is 16.6. The molecule has 3 aromatic rings. The zero-order chi connectivity index (χ0) is 19.6. The van der Waals surface area contributed by atoms with E-state index in [-0.39, 0.29) is 17.2 Å². The number of nitro benzene ring substituents is 1. The van der Waals surface area contributed by atoms with Gasteiger partial charge in [0.05, 0.1) is 16.3 Å². The van der Waals surface area contributed by atoms with Crippen LogP contribution in [0.25, 0.3) is 5.69 Å². The van der Waals surface area contributed by atoms with Crippen molar-refractivity contribution in [3.05, 3.63) is 75.6 Å². The molecule has 9 nitrogen and oxygen atoms in total. The number of aromatic nitrogens is 3. The van der Waals surface area contributed by atoms with Crippen LogP contribution in [0.1, 0.15) is 33.5 Å². The van der Waals surface area contributed by atoms with Crippen LogP contribution in [0, 0.1) is 17.0 Å². The average molecular weight is 365 g/mol. The summed E-state index contributed by atoms with van der Waals surface area (Å²) in [5.74, 6) is -0.608. The molecule has 0 unspecified atom stereocenters. The van der Waals surface area contributed by atoms with Gasteiger partial charge in [0.1, 0.15) is 0 Å². The highest BCUT2D eigenvalue weighted by molar-refractivity contribution is 6.04. The van der Waals surface area contributed by atoms with Crippen molar-refractivity contribution in [3.63, 3.8) is 0 Å². The number of carbonyl (C=O) groups is 2. The second kappa shape index (κ2) is 7.16. The predicted octanol–water partition coefficient (Wildman–Crippen LogP) is 2.94. The maximum atomic E-state index is 12.5. The summed E-state index contributed by atoms with van der Waals surface area (Å²) in [5, 5.41) is 21.4. The largest absolute Gasteiger partial charge is 0.321 e. The summed E-state index contributed by atoms with van der Waals surface area (Å²) in [6.07, 6.45) is 0. The van der Waals surface area contributed by atoms with Crippen molar-refractivity contribution in [2.45, 2.75) is 13.8 Å². The van der Waals surface area contributed by atoms with Crippen LogP contribution in [0.3, 0.4) is 0 Å². The van der Waals surface area contributed by atoms with Crippen LogP contribution in [0.15, 0.2) is 48.5 Å². The molecule has 1 N–H and O–H groups in total. The fourth-order valence-electron chi connectivity index (χ4n) is 2.53. The van der Waals surface area contributed by atoms with E-state index in [0.717, 1.165) is 0 Å². The predicted molar refractivity (Wildman–Crippen MR) is 97.2 cm³/mol. The summed E-state index contributed by atoms with van der Waals surface area (Å²) < 4.78 is 1.36. The van der Waals surface area contributed by atoms with Crippen LogP contribution < -0.4 is 5.32 Å². The Hall–Kier alpha value is -3.88. The lowest BCUT2D eigenvalue weighted by atomic mass is 10.1. The van der Waals surface area contributed by atoms with E-state index in [1.807, 2.05) is 0 Å². The maximum absolute atomic E-state index is 12.5. The Balaban J connectivity index is 1.88. The molecule has 3 rings (SSSR count). The normalized spacial score (nSPS) is 10.4. The third kappa shape index (κ3) is 3.71. The number of Topliss-reactive ketones (excluding diaryl/α,β-unsaturated/α-hetero) is 1. The summed E-state index contributed by atoms with van der Waals surface area (Å²) in [6, 6.07) is 12.4. The van der Waals surface area contributed by atoms with Crippen molar-refractivity contribution >= 4 is 23.1 Å². The first-order chi connectivity index (χ1) is 12.9. The minimum Gasteiger partial charge on any atom is -0.321 e. The molecule has 1 heterocycles. The van der Waals surface area contributed by atoms with Crippen molar-refractivity contribution < 1.29 is 14.5 Å². The van der Waals surface area contributed by atoms with Gasteiger partial charge in [-0.05, 0) is 32.0 Å². The Bertz CT molecular complexity index is 1060. The third-order valence-corrected chi connectivity index (χ3v) is 3.92. The smallest absolute Gasteiger partial charge is 0.278 e. The van der Waals surface area contributed by atoms with Gasteiger partial charge in [-0.1, -0.05) is 23.4 Å². The minimum absolute atomic E-state index is 0.0785. The van der Waals surface area contributed by atoms with E-state index in [4.69, 9.17) is 0 Å². The molecule has 0 saturated carbocycles. The van der Waals surface area contributed by atoms with Crippen molar-refractivity contribution in [1.29, 1.82) is 0 Å². The quantitative estimate of drug-likeness (QED) is 0.422. The number of hydrogen-bond acceptors (Lipinski definition) is 6. The summed E-state index contributed by atoms with van der Waals surface area (Å²) >= 11 is 0. The van der Waals surface area contributed by atoms with Gasteiger partial charge < -0.3 is 5.32 Å². The van der Waals surface area contributed by atoms with E-state index in [2.05, 4.69) is 15.6 Å². The first-order valence-electron chi connectivity index (χ1n) is 7.96. The summed E-state index contributed by atoms with van der Waals surface area (Å²) in [5.41, 5.74) is 1.77. The van der Waals surface area contributed by atoms with Crippen LogP contribution in [0.5, 0.6) is 0 Å². The molecule has 0 aliphatic rings. The SMILES string of the molecule is CC(=O)c1cccc(NC(=O)c2nnn(-c3cccc([N+](=O)[O-])c3)c2C)c1. The number of nitro groups is 1. The van der Waals surface area contributed by atoms with E-state index in [0.29, 0.717) is 22.6 Å². The van der Waals surface area contributed by atoms with Crippen LogP contribution in [-0.4, -0.2) is 31.6 Å². The molecule has 0 aliphatic heterocycles. The fraction of sp³-hybridized carbons (Fsp3) is 0.111. The average Bonchev–Trinajstić information content (AvgIpc) is 3.03. The number of anilines is 1. The number of carbonyl (C=O) groups excluding carboxylic acids is 2. The molecular weight excluding hydrogens is 350 g/mol. The van der Waals surface area contributed by atoms with Gasteiger partial charge in [0, 0.05) is 23.4 Å². The van der Waals surface area contributed by atoms with Crippen molar-refractivity contribution in [3.8, 4) is 5.69 Å². The van der Waals surface area contributed by atoms with Crippen molar-refractivity contribution in [2.24, 2.45) is 0 Å². The lowest BCUT2D eigenvalue weighted by molar-refractivity contribution is -0.384. The van der Waals surface area contributed by atoms with Gasteiger partial charge in [0.2, 0.25) is 0 Å². The first-order valence-corrected chi connectivity index (χ1v) is 7.96. The van der Waals surface area contributed by atoms with Gasteiger partial charge in [-0.2, -0.15) is 0 Å². The van der Waals surface area contributed by atoms with E-state index >= 15 is 0 Å². The number of non-ortho nitro benzene ring substituents is 1. The molecule has 0 atom stereocenters. The zero-order valence-corrected chi connectivity index (χ0v) is 14.5. The Morgan fingerprint density at radius 3 is 2.59 bits per heavy atom. The molecule has 1 amide bonds.